The molecule has 0 aliphatic carbocycles. The summed E-state index contributed by atoms with van der Waals surface area (Å²) in [6.07, 6.45) is 3.39. The van der Waals surface area contributed by atoms with E-state index in [0.717, 1.165) is 11.5 Å². The molecule has 0 saturated carbocycles. The van der Waals surface area contributed by atoms with Crippen molar-refractivity contribution < 1.29 is 13.9 Å². The molecule has 0 radical (unpaired) electrons. The van der Waals surface area contributed by atoms with Gasteiger partial charge in [0.25, 0.3) is 5.89 Å². The Kier molecular flexibility index (Phi) is 4.54. The van der Waals surface area contributed by atoms with Gasteiger partial charge in [0.15, 0.2) is 5.76 Å². The van der Waals surface area contributed by atoms with E-state index in [1.807, 2.05) is 17.9 Å². The van der Waals surface area contributed by atoms with Crippen molar-refractivity contribution in [2.75, 3.05) is 19.7 Å². The number of hydrogen-bond acceptors (Lipinski definition) is 5. The maximum absolute atomic E-state index is 9.03. The summed E-state index contributed by atoms with van der Waals surface area (Å²) < 4.78 is 10.9. The zero-order chi connectivity index (χ0) is 13.7. The number of aliphatic hydroxyl groups is 1. The van der Waals surface area contributed by atoms with Crippen molar-refractivity contribution in [1.82, 2.24) is 9.88 Å². The van der Waals surface area contributed by atoms with Gasteiger partial charge in [0, 0.05) is 19.6 Å². The number of hydrogen-bond donors (Lipinski definition) is 1. The molecule has 2 rings (SSSR count). The molecule has 2 aromatic heterocycles. The summed E-state index contributed by atoms with van der Waals surface area (Å²) >= 11 is 0. The zero-order valence-corrected chi connectivity index (χ0v) is 11.0. The number of furan rings is 1. The minimum absolute atomic E-state index is 0.107. The van der Waals surface area contributed by atoms with Gasteiger partial charge in [-0.05, 0) is 19.1 Å². The van der Waals surface area contributed by atoms with E-state index in [4.69, 9.17) is 13.9 Å². The maximum atomic E-state index is 9.03. The fourth-order valence-electron chi connectivity index (χ4n) is 1.85. The number of nitrogens with zero attached hydrogens (tertiary/aromatic N) is 2. The van der Waals surface area contributed by atoms with Crippen LogP contribution in [0.4, 0.5) is 0 Å². The molecule has 0 fully saturated rings. The van der Waals surface area contributed by atoms with Gasteiger partial charge in [-0.1, -0.05) is 6.08 Å². The third-order valence-electron chi connectivity index (χ3n) is 2.80. The molecule has 0 unspecified atom stereocenters. The molecule has 0 spiro atoms. The van der Waals surface area contributed by atoms with Gasteiger partial charge in [0.2, 0.25) is 0 Å². The Morgan fingerprint density at radius 3 is 3.00 bits per heavy atom. The SMILES string of the molecule is C=CCN(CCO)Cc1nc(-c2ccco2)oc1C. The van der Waals surface area contributed by atoms with Crippen LogP contribution in [0, 0.1) is 6.92 Å². The second-order valence-corrected chi connectivity index (χ2v) is 4.25. The van der Waals surface area contributed by atoms with E-state index in [2.05, 4.69) is 11.6 Å². The molecule has 19 heavy (non-hydrogen) atoms. The van der Waals surface area contributed by atoms with Crippen molar-refractivity contribution in [3.63, 3.8) is 0 Å². The first-order valence-corrected chi connectivity index (χ1v) is 6.19. The zero-order valence-electron chi connectivity index (χ0n) is 11.0. The van der Waals surface area contributed by atoms with Gasteiger partial charge in [-0.15, -0.1) is 6.58 Å². The number of aryl methyl sites for hydroxylation is 1. The van der Waals surface area contributed by atoms with Crippen LogP contribution < -0.4 is 0 Å². The lowest BCUT2D eigenvalue weighted by molar-refractivity contribution is 0.201. The van der Waals surface area contributed by atoms with Crippen molar-refractivity contribution in [1.29, 1.82) is 0 Å². The Labute approximate surface area is 112 Å². The molecule has 1 N–H and O–H groups in total. The molecule has 2 aromatic rings. The molecule has 0 aliphatic rings. The molecule has 0 saturated heterocycles. The van der Waals surface area contributed by atoms with Gasteiger partial charge < -0.3 is 13.9 Å². The van der Waals surface area contributed by atoms with Crippen molar-refractivity contribution >= 4 is 0 Å². The molecule has 0 bridgehead atoms. The lowest BCUT2D eigenvalue weighted by Gasteiger charge is -2.17. The molecular weight excluding hydrogens is 244 g/mol. The van der Waals surface area contributed by atoms with Crippen LogP contribution in [0.5, 0.6) is 0 Å². The summed E-state index contributed by atoms with van der Waals surface area (Å²) in [6, 6.07) is 3.61. The summed E-state index contributed by atoms with van der Waals surface area (Å²) in [4.78, 5) is 6.48. The Morgan fingerprint density at radius 2 is 2.37 bits per heavy atom. The minimum Gasteiger partial charge on any atom is -0.459 e. The highest BCUT2D eigenvalue weighted by atomic mass is 16.4. The van der Waals surface area contributed by atoms with Crippen LogP contribution in [0.25, 0.3) is 11.7 Å². The van der Waals surface area contributed by atoms with Gasteiger partial charge in [-0.25, -0.2) is 4.98 Å². The minimum atomic E-state index is 0.107. The van der Waals surface area contributed by atoms with Gasteiger partial charge >= 0.3 is 0 Å². The molecule has 0 aliphatic heterocycles. The maximum Gasteiger partial charge on any atom is 0.263 e. The van der Waals surface area contributed by atoms with Crippen LogP contribution in [0.15, 0.2) is 39.9 Å². The largest absolute Gasteiger partial charge is 0.459 e. The van der Waals surface area contributed by atoms with Crippen molar-refractivity contribution in [3.05, 3.63) is 42.5 Å². The Balaban J connectivity index is 2.13. The van der Waals surface area contributed by atoms with Crippen molar-refractivity contribution in [2.45, 2.75) is 13.5 Å². The van der Waals surface area contributed by atoms with Crippen LogP contribution in [-0.4, -0.2) is 34.7 Å². The predicted octanol–water partition coefficient (Wildman–Crippen LogP) is 2.22. The average molecular weight is 262 g/mol. The monoisotopic (exact) mass is 262 g/mol. The second-order valence-electron chi connectivity index (χ2n) is 4.25. The van der Waals surface area contributed by atoms with E-state index in [-0.39, 0.29) is 6.61 Å². The molecule has 0 atom stereocenters. The van der Waals surface area contributed by atoms with E-state index in [9.17, 15) is 0 Å². The van der Waals surface area contributed by atoms with Crippen LogP contribution >= 0.6 is 0 Å². The highest BCUT2D eigenvalue weighted by molar-refractivity contribution is 5.44. The molecular formula is C14H18N2O3. The van der Waals surface area contributed by atoms with E-state index < -0.39 is 0 Å². The quantitative estimate of drug-likeness (QED) is 0.775. The Hall–Kier alpha value is -1.85. The summed E-state index contributed by atoms with van der Waals surface area (Å²) in [5, 5.41) is 9.03. The first-order valence-electron chi connectivity index (χ1n) is 6.19. The molecule has 5 nitrogen and oxygen atoms in total. The predicted molar refractivity (Wildman–Crippen MR) is 71.5 cm³/mol. The topological polar surface area (TPSA) is 62.6 Å². The fourth-order valence-corrected chi connectivity index (χ4v) is 1.85. The van der Waals surface area contributed by atoms with Crippen LogP contribution in [-0.2, 0) is 6.54 Å². The van der Waals surface area contributed by atoms with E-state index in [1.165, 1.54) is 0 Å². The number of aliphatic hydroxyl groups excluding tert-OH is 1. The molecule has 0 amide bonds. The summed E-state index contributed by atoms with van der Waals surface area (Å²) in [5.41, 5.74) is 0.849. The summed E-state index contributed by atoms with van der Waals surface area (Å²) in [7, 11) is 0. The van der Waals surface area contributed by atoms with Gasteiger partial charge in [-0.2, -0.15) is 0 Å². The first-order chi connectivity index (χ1) is 9.24. The van der Waals surface area contributed by atoms with Gasteiger partial charge in [-0.3, -0.25) is 4.90 Å². The normalized spacial score (nSPS) is 11.1. The highest BCUT2D eigenvalue weighted by Gasteiger charge is 2.15. The molecule has 102 valence electrons. The molecule has 5 heteroatoms. The van der Waals surface area contributed by atoms with E-state index >= 15 is 0 Å². The van der Waals surface area contributed by atoms with Crippen LogP contribution in [0.3, 0.4) is 0 Å². The molecule has 2 heterocycles. The molecule has 0 aromatic carbocycles. The second kappa shape index (κ2) is 6.36. The van der Waals surface area contributed by atoms with Gasteiger partial charge in [0.05, 0.1) is 18.6 Å². The fraction of sp³-hybridized carbons (Fsp3) is 0.357. The van der Waals surface area contributed by atoms with E-state index in [0.29, 0.717) is 31.3 Å². The van der Waals surface area contributed by atoms with Crippen molar-refractivity contribution in [2.24, 2.45) is 0 Å². The van der Waals surface area contributed by atoms with Gasteiger partial charge in [0.1, 0.15) is 5.76 Å². The lowest BCUT2D eigenvalue weighted by Crippen LogP contribution is -2.27. The summed E-state index contributed by atoms with van der Waals surface area (Å²) in [6.45, 7) is 7.58. The van der Waals surface area contributed by atoms with Crippen LogP contribution in [0.1, 0.15) is 11.5 Å². The third kappa shape index (κ3) is 3.33. The van der Waals surface area contributed by atoms with E-state index in [1.54, 1.807) is 18.4 Å². The highest BCUT2D eigenvalue weighted by Crippen LogP contribution is 2.22. The van der Waals surface area contributed by atoms with Crippen molar-refractivity contribution in [3.8, 4) is 11.7 Å². The standard InChI is InChI=1S/C14H18N2O3/c1-3-6-16(7-8-17)10-12-11(2)19-14(15-12)13-5-4-9-18-13/h3-5,9,17H,1,6-8,10H2,2H3. The number of rotatable bonds is 7. The Morgan fingerprint density at radius 1 is 1.53 bits per heavy atom. The lowest BCUT2D eigenvalue weighted by atomic mass is 10.3. The summed E-state index contributed by atoms with van der Waals surface area (Å²) in [5.74, 6) is 1.87. The third-order valence-corrected chi connectivity index (χ3v) is 2.80. The Bertz CT molecular complexity index is 517. The number of oxazole rings is 1. The first kappa shape index (κ1) is 13.6. The smallest absolute Gasteiger partial charge is 0.263 e. The van der Waals surface area contributed by atoms with Crippen LogP contribution in [0.2, 0.25) is 0 Å². The average Bonchev–Trinajstić information content (AvgIpc) is 3.00. The number of aromatic nitrogens is 1.